The summed E-state index contributed by atoms with van der Waals surface area (Å²) in [6, 6.07) is 0. The van der Waals surface area contributed by atoms with Crippen LogP contribution in [0.4, 0.5) is 0 Å². The van der Waals surface area contributed by atoms with Crippen molar-refractivity contribution in [3.8, 4) is 0 Å². The number of hydrogen-bond acceptors (Lipinski definition) is 3. The van der Waals surface area contributed by atoms with Crippen LogP contribution in [0.1, 0.15) is 12.0 Å². The van der Waals surface area contributed by atoms with Gasteiger partial charge in [0.05, 0.1) is 18.7 Å². The van der Waals surface area contributed by atoms with E-state index >= 15 is 0 Å². The number of H-pyrrole nitrogens is 1. The maximum absolute atomic E-state index is 11.3. The van der Waals surface area contributed by atoms with E-state index in [9.17, 15) is 9.90 Å². The Morgan fingerprint density at radius 3 is 3.14 bits per heavy atom. The molecule has 5 nitrogen and oxygen atoms in total. The van der Waals surface area contributed by atoms with Crippen LogP contribution in [0.25, 0.3) is 0 Å². The van der Waals surface area contributed by atoms with Crippen molar-refractivity contribution in [3.05, 3.63) is 18.0 Å². The molecule has 14 heavy (non-hydrogen) atoms. The van der Waals surface area contributed by atoms with E-state index in [-0.39, 0.29) is 12.3 Å². The first kappa shape index (κ1) is 9.21. The Kier molecular flexibility index (Phi) is 2.49. The van der Waals surface area contributed by atoms with Gasteiger partial charge in [0.2, 0.25) is 5.91 Å². The summed E-state index contributed by atoms with van der Waals surface area (Å²) in [4.78, 5) is 13.0. The first-order chi connectivity index (χ1) is 6.75. The van der Waals surface area contributed by atoms with Gasteiger partial charge in [-0.3, -0.25) is 9.89 Å². The number of rotatable bonds is 3. The molecular formula is C9H13N3O2. The van der Waals surface area contributed by atoms with Crippen LogP contribution in [0.5, 0.6) is 0 Å². The third-order valence-corrected chi connectivity index (χ3v) is 2.42. The number of nitrogens with zero attached hydrogens (tertiary/aromatic N) is 2. The Bertz CT molecular complexity index is 310. The van der Waals surface area contributed by atoms with Gasteiger partial charge in [-0.1, -0.05) is 0 Å². The summed E-state index contributed by atoms with van der Waals surface area (Å²) in [5.74, 6) is 0.0426. The molecule has 5 heteroatoms. The number of aromatic amines is 1. The highest BCUT2D eigenvalue weighted by molar-refractivity contribution is 5.78. The predicted octanol–water partition coefficient (Wildman–Crippen LogP) is -0.455. The molecule has 1 amide bonds. The van der Waals surface area contributed by atoms with Gasteiger partial charge in [0, 0.05) is 19.3 Å². The average Bonchev–Trinajstić information content (AvgIpc) is 2.72. The summed E-state index contributed by atoms with van der Waals surface area (Å²) in [5, 5.41) is 15.8. The van der Waals surface area contributed by atoms with E-state index in [0.29, 0.717) is 13.1 Å². The maximum atomic E-state index is 11.3. The molecule has 0 saturated carbocycles. The minimum atomic E-state index is -0.480. The molecular weight excluding hydrogens is 182 g/mol. The minimum Gasteiger partial charge on any atom is -0.391 e. The second-order valence-corrected chi connectivity index (χ2v) is 3.55. The van der Waals surface area contributed by atoms with E-state index < -0.39 is 6.10 Å². The Balaban J connectivity index is 1.84. The lowest BCUT2D eigenvalue weighted by atomic mass is 10.2. The van der Waals surface area contributed by atoms with Crippen LogP contribution >= 0.6 is 0 Å². The van der Waals surface area contributed by atoms with Gasteiger partial charge >= 0.3 is 0 Å². The van der Waals surface area contributed by atoms with Crippen molar-refractivity contribution < 1.29 is 9.90 Å². The van der Waals surface area contributed by atoms with E-state index in [0.717, 1.165) is 12.0 Å². The smallest absolute Gasteiger partial charge is 0.225 e. The Hall–Kier alpha value is -1.36. The molecule has 1 atom stereocenters. The Morgan fingerprint density at radius 1 is 1.71 bits per heavy atom. The molecule has 1 aliphatic rings. The molecule has 1 unspecified atom stereocenters. The van der Waals surface area contributed by atoms with Crippen LogP contribution in [0.3, 0.4) is 0 Å². The number of aliphatic hydroxyl groups excluding tert-OH is 1. The van der Waals surface area contributed by atoms with Crippen molar-refractivity contribution in [1.82, 2.24) is 15.1 Å². The van der Waals surface area contributed by atoms with Crippen LogP contribution in [0.2, 0.25) is 0 Å². The predicted molar refractivity (Wildman–Crippen MR) is 49.5 cm³/mol. The number of β-amino-alcohol motifs (C(OH)–C–C–N with tert-alkyl or cyclic N) is 1. The largest absolute Gasteiger partial charge is 0.391 e. The fourth-order valence-corrected chi connectivity index (χ4v) is 1.65. The first-order valence-electron chi connectivity index (χ1n) is 4.69. The van der Waals surface area contributed by atoms with Crippen molar-refractivity contribution in [1.29, 1.82) is 0 Å². The number of carbonyl (C=O) groups is 1. The summed E-state index contributed by atoms with van der Waals surface area (Å²) in [6.45, 7) is 1.13. The standard InChI is InChI=1S/C9H13N3O2/c13-8-3-9(14)12(6-8)2-1-7-4-10-11-5-7/h4-5,8,13H,1-3,6H2,(H,10,11). The number of amides is 1. The van der Waals surface area contributed by atoms with Crippen molar-refractivity contribution in [3.63, 3.8) is 0 Å². The molecule has 1 aliphatic heterocycles. The summed E-state index contributed by atoms with van der Waals surface area (Å²) in [5.41, 5.74) is 1.08. The highest BCUT2D eigenvalue weighted by Crippen LogP contribution is 2.11. The van der Waals surface area contributed by atoms with E-state index in [1.54, 1.807) is 11.1 Å². The van der Waals surface area contributed by atoms with Crippen LogP contribution in [0, 0.1) is 0 Å². The molecule has 0 radical (unpaired) electrons. The molecule has 1 fully saturated rings. The second kappa shape index (κ2) is 3.79. The molecule has 0 spiro atoms. The van der Waals surface area contributed by atoms with Gasteiger partial charge in [-0.25, -0.2) is 0 Å². The summed E-state index contributed by atoms with van der Waals surface area (Å²) >= 11 is 0. The number of hydrogen-bond donors (Lipinski definition) is 2. The lowest BCUT2D eigenvalue weighted by Crippen LogP contribution is -2.28. The monoisotopic (exact) mass is 195 g/mol. The number of carbonyl (C=O) groups excluding carboxylic acids is 1. The van der Waals surface area contributed by atoms with Crippen molar-refractivity contribution in [2.24, 2.45) is 0 Å². The van der Waals surface area contributed by atoms with Crippen molar-refractivity contribution in [2.75, 3.05) is 13.1 Å². The molecule has 0 aliphatic carbocycles. The fourth-order valence-electron chi connectivity index (χ4n) is 1.65. The fraction of sp³-hybridized carbons (Fsp3) is 0.556. The minimum absolute atomic E-state index is 0.0426. The topological polar surface area (TPSA) is 69.2 Å². The van der Waals surface area contributed by atoms with Crippen LogP contribution in [0.15, 0.2) is 12.4 Å². The van der Waals surface area contributed by atoms with Crippen molar-refractivity contribution in [2.45, 2.75) is 18.9 Å². The highest BCUT2D eigenvalue weighted by Gasteiger charge is 2.27. The van der Waals surface area contributed by atoms with Crippen LogP contribution in [-0.4, -0.2) is 45.3 Å². The first-order valence-corrected chi connectivity index (χ1v) is 4.69. The zero-order chi connectivity index (χ0) is 9.97. The van der Waals surface area contributed by atoms with Gasteiger partial charge in [0.25, 0.3) is 0 Å². The van der Waals surface area contributed by atoms with Crippen molar-refractivity contribution >= 4 is 5.91 Å². The second-order valence-electron chi connectivity index (χ2n) is 3.55. The van der Waals surface area contributed by atoms with E-state index in [2.05, 4.69) is 10.2 Å². The molecule has 2 heterocycles. The third kappa shape index (κ3) is 1.93. The lowest BCUT2D eigenvalue weighted by molar-refractivity contribution is -0.127. The number of aliphatic hydroxyl groups is 1. The van der Waals surface area contributed by atoms with Gasteiger partial charge in [0.15, 0.2) is 0 Å². The average molecular weight is 195 g/mol. The quantitative estimate of drug-likeness (QED) is 0.686. The molecule has 1 aromatic rings. The number of aromatic nitrogens is 2. The summed E-state index contributed by atoms with van der Waals surface area (Å²) in [6.07, 6.45) is 4.14. The Labute approximate surface area is 81.7 Å². The lowest BCUT2D eigenvalue weighted by Gasteiger charge is -2.14. The summed E-state index contributed by atoms with van der Waals surface area (Å²) in [7, 11) is 0. The van der Waals surface area contributed by atoms with Gasteiger partial charge in [-0.05, 0) is 12.0 Å². The zero-order valence-corrected chi connectivity index (χ0v) is 7.81. The molecule has 2 rings (SSSR count). The highest BCUT2D eigenvalue weighted by atomic mass is 16.3. The summed E-state index contributed by atoms with van der Waals surface area (Å²) < 4.78 is 0. The molecule has 0 bridgehead atoms. The van der Waals surface area contributed by atoms with Gasteiger partial charge in [-0.2, -0.15) is 5.10 Å². The molecule has 2 N–H and O–H groups in total. The maximum Gasteiger partial charge on any atom is 0.225 e. The van der Waals surface area contributed by atoms with E-state index in [1.165, 1.54) is 0 Å². The van der Waals surface area contributed by atoms with Gasteiger partial charge in [-0.15, -0.1) is 0 Å². The van der Waals surface area contributed by atoms with E-state index in [1.807, 2.05) is 6.20 Å². The number of nitrogens with one attached hydrogen (secondary N) is 1. The molecule has 76 valence electrons. The normalized spacial score (nSPS) is 21.9. The SMILES string of the molecule is O=C1CC(O)CN1CCc1cn[nH]c1. The van der Waals surface area contributed by atoms with Crippen LogP contribution < -0.4 is 0 Å². The van der Waals surface area contributed by atoms with Crippen LogP contribution in [-0.2, 0) is 11.2 Å². The molecule has 1 saturated heterocycles. The molecule has 0 aromatic carbocycles. The Morgan fingerprint density at radius 2 is 2.57 bits per heavy atom. The van der Waals surface area contributed by atoms with Gasteiger partial charge in [0.1, 0.15) is 0 Å². The number of likely N-dealkylation sites (tertiary alicyclic amines) is 1. The third-order valence-electron chi connectivity index (χ3n) is 2.42. The zero-order valence-electron chi connectivity index (χ0n) is 7.81. The van der Waals surface area contributed by atoms with E-state index in [4.69, 9.17) is 0 Å². The molecule has 1 aromatic heterocycles. The van der Waals surface area contributed by atoms with Gasteiger partial charge < -0.3 is 10.0 Å².